The summed E-state index contributed by atoms with van der Waals surface area (Å²) in [5.74, 6) is 0.111. The monoisotopic (exact) mass is 122 g/mol. The van der Waals surface area contributed by atoms with E-state index in [4.69, 9.17) is 5.11 Å². The summed E-state index contributed by atoms with van der Waals surface area (Å²) in [4.78, 5) is 0. The van der Waals surface area contributed by atoms with Crippen molar-refractivity contribution in [3.05, 3.63) is 49.3 Å². The molecule has 0 rings (SSSR count). The second kappa shape index (κ2) is 3.72. The lowest BCUT2D eigenvalue weighted by atomic mass is 10.2. The van der Waals surface area contributed by atoms with Crippen LogP contribution < -0.4 is 0 Å². The fourth-order valence-corrected chi connectivity index (χ4v) is 0.410. The SMILES string of the molecule is C=CC(O)=C(C=C)C=C. The van der Waals surface area contributed by atoms with Crippen LogP contribution in [0.1, 0.15) is 0 Å². The highest BCUT2D eigenvalue weighted by Crippen LogP contribution is 2.03. The highest BCUT2D eigenvalue weighted by molar-refractivity contribution is 5.34. The summed E-state index contributed by atoms with van der Waals surface area (Å²) in [7, 11) is 0. The summed E-state index contributed by atoms with van der Waals surface area (Å²) < 4.78 is 0. The lowest BCUT2D eigenvalue weighted by molar-refractivity contribution is 0.429. The molecule has 0 amide bonds. The number of rotatable bonds is 3. The average molecular weight is 122 g/mol. The van der Waals surface area contributed by atoms with Crippen molar-refractivity contribution >= 4 is 0 Å². The van der Waals surface area contributed by atoms with Crippen molar-refractivity contribution in [1.29, 1.82) is 0 Å². The second-order valence-electron chi connectivity index (χ2n) is 1.45. The minimum Gasteiger partial charge on any atom is -0.507 e. The zero-order chi connectivity index (χ0) is 7.28. The van der Waals surface area contributed by atoms with Crippen molar-refractivity contribution < 1.29 is 5.11 Å². The molecular weight excluding hydrogens is 112 g/mol. The lowest BCUT2D eigenvalue weighted by Gasteiger charge is -1.93. The molecule has 0 saturated carbocycles. The molecule has 0 aromatic carbocycles. The van der Waals surface area contributed by atoms with Crippen LogP contribution in [0.25, 0.3) is 0 Å². The first kappa shape index (κ1) is 7.76. The lowest BCUT2D eigenvalue weighted by Crippen LogP contribution is -1.78. The van der Waals surface area contributed by atoms with Crippen molar-refractivity contribution in [2.45, 2.75) is 0 Å². The molecule has 0 spiro atoms. The minimum absolute atomic E-state index is 0.111. The van der Waals surface area contributed by atoms with E-state index in [9.17, 15) is 0 Å². The van der Waals surface area contributed by atoms with Gasteiger partial charge in [-0.05, 0) is 6.08 Å². The summed E-state index contributed by atoms with van der Waals surface area (Å²) in [5, 5.41) is 8.94. The molecule has 0 aromatic rings. The van der Waals surface area contributed by atoms with Gasteiger partial charge in [-0.2, -0.15) is 0 Å². The van der Waals surface area contributed by atoms with Crippen LogP contribution in [0.15, 0.2) is 49.3 Å². The van der Waals surface area contributed by atoms with Gasteiger partial charge < -0.3 is 5.11 Å². The number of aliphatic hydroxyl groups is 1. The molecule has 0 unspecified atom stereocenters. The Morgan fingerprint density at radius 1 is 1.00 bits per heavy atom. The van der Waals surface area contributed by atoms with Gasteiger partial charge >= 0.3 is 0 Å². The molecule has 1 heteroatoms. The van der Waals surface area contributed by atoms with Crippen molar-refractivity contribution in [2.75, 3.05) is 0 Å². The van der Waals surface area contributed by atoms with Gasteiger partial charge in [0.15, 0.2) is 0 Å². The molecule has 0 bridgehead atoms. The van der Waals surface area contributed by atoms with Crippen LogP contribution >= 0.6 is 0 Å². The largest absolute Gasteiger partial charge is 0.507 e. The Balaban J connectivity index is 4.56. The van der Waals surface area contributed by atoms with Crippen LogP contribution in [0.5, 0.6) is 0 Å². The zero-order valence-electron chi connectivity index (χ0n) is 5.30. The van der Waals surface area contributed by atoms with Crippen LogP contribution in [0.4, 0.5) is 0 Å². The predicted molar refractivity (Wildman–Crippen MR) is 40.2 cm³/mol. The van der Waals surface area contributed by atoms with Crippen LogP contribution in [0.3, 0.4) is 0 Å². The maximum absolute atomic E-state index is 8.94. The molecule has 1 N–H and O–H groups in total. The van der Waals surface area contributed by atoms with Crippen molar-refractivity contribution in [3.63, 3.8) is 0 Å². The Morgan fingerprint density at radius 3 is 1.56 bits per heavy atom. The number of allylic oxidation sites excluding steroid dienone is 4. The molecule has 0 aliphatic carbocycles. The van der Waals surface area contributed by atoms with Crippen LogP contribution in [0.2, 0.25) is 0 Å². The molecule has 0 saturated heterocycles. The minimum atomic E-state index is 0.111. The first-order chi connectivity index (χ1) is 4.26. The molecule has 0 fully saturated rings. The van der Waals surface area contributed by atoms with E-state index in [-0.39, 0.29) is 5.76 Å². The van der Waals surface area contributed by atoms with E-state index in [1.165, 1.54) is 18.2 Å². The Bertz CT molecular complexity index is 153. The Morgan fingerprint density at radius 2 is 1.44 bits per heavy atom. The molecule has 0 radical (unpaired) electrons. The van der Waals surface area contributed by atoms with Crippen LogP contribution in [-0.2, 0) is 0 Å². The van der Waals surface area contributed by atoms with E-state index in [2.05, 4.69) is 19.7 Å². The quantitative estimate of drug-likeness (QED) is 0.450. The number of hydrogen-bond acceptors (Lipinski definition) is 1. The highest BCUT2D eigenvalue weighted by atomic mass is 16.3. The first-order valence-corrected chi connectivity index (χ1v) is 2.56. The van der Waals surface area contributed by atoms with E-state index in [1.54, 1.807) is 0 Å². The highest BCUT2D eigenvalue weighted by Gasteiger charge is 1.88. The normalized spacial score (nSPS) is 7.56. The van der Waals surface area contributed by atoms with Crippen molar-refractivity contribution in [1.82, 2.24) is 0 Å². The molecule has 48 valence electrons. The fourth-order valence-electron chi connectivity index (χ4n) is 0.410. The zero-order valence-corrected chi connectivity index (χ0v) is 5.30. The van der Waals surface area contributed by atoms with Gasteiger partial charge in [-0.1, -0.05) is 31.9 Å². The van der Waals surface area contributed by atoms with Gasteiger partial charge in [0.25, 0.3) is 0 Å². The fraction of sp³-hybridized carbons (Fsp3) is 0. The summed E-state index contributed by atoms with van der Waals surface area (Å²) in [5.41, 5.74) is 0.602. The maximum Gasteiger partial charge on any atom is 0.122 e. The van der Waals surface area contributed by atoms with Crippen LogP contribution in [0, 0.1) is 0 Å². The number of aliphatic hydroxyl groups excluding tert-OH is 1. The third-order valence-corrected chi connectivity index (χ3v) is 0.929. The molecular formula is C8H10O. The van der Waals surface area contributed by atoms with Crippen LogP contribution in [-0.4, -0.2) is 5.11 Å². The molecule has 0 heterocycles. The van der Waals surface area contributed by atoms with E-state index < -0.39 is 0 Å². The second-order valence-corrected chi connectivity index (χ2v) is 1.45. The van der Waals surface area contributed by atoms with Gasteiger partial charge in [0.05, 0.1) is 0 Å². The number of hydrogen-bond donors (Lipinski definition) is 1. The molecule has 0 aliphatic heterocycles. The van der Waals surface area contributed by atoms with Gasteiger partial charge in [0.2, 0.25) is 0 Å². The van der Waals surface area contributed by atoms with Gasteiger partial charge in [0.1, 0.15) is 5.76 Å². The molecule has 0 atom stereocenters. The standard InChI is InChI=1S/C8H10O/c1-4-7(5-2)8(9)6-3/h4-6,9H,1-3H2. The van der Waals surface area contributed by atoms with Gasteiger partial charge in [-0.3, -0.25) is 0 Å². The Labute approximate surface area is 55.3 Å². The molecule has 0 aliphatic rings. The van der Waals surface area contributed by atoms with Gasteiger partial charge in [0, 0.05) is 5.57 Å². The van der Waals surface area contributed by atoms with Gasteiger partial charge in [-0.25, -0.2) is 0 Å². The predicted octanol–water partition coefficient (Wildman–Crippen LogP) is 2.36. The summed E-state index contributed by atoms with van der Waals surface area (Å²) in [6.07, 6.45) is 4.38. The molecule has 0 aromatic heterocycles. The third-order valence-electron chi connectivity index (χ3n) is 0.929. The van der Waals surface area contributed by atoms with E-state index in [0.717, 1.165) is 0 Å². The van der Waals surface area contributed by atoms with E-state index >= 15 is 0 Å². The van der Waals surface area contributed by atoms with Gasteiger partial charge in [-0.15, -0.1) is 0 Å². The maximum atomic E-state index is 8.94. The Kier molecular flexibility index (Phi) is 3.21. The smallest absolute Gasteiger partial charge is 0.122 e. The van der Waals surface area contributed by atoms with E-state index in [1.807, 2.05) is 0 Å². The summed E-state index contributed by atoms with van der Waals surface area (Å²) in [6.45, 7) is 10.3. The third kappa shape index (κ3) is 2.00. The Hall–Kier alpha value is -1.24. The summed E-state index contributed by atoms with van der Waals surface area (Å²) in [6, 6.07) is 0. The summed E-state index contributed by atoms with van der Waals surface area (Å²) >= 11 is 0. The topological polar surface area (TPSA) is 20.2 Å². The molecule has 9 heavy (non-hydrogen) atoms. The molecule has 1 nitrogen and oxygen atoms in total. The first-order valence-electron chi connectivity index (χ1n) is 2.56. The van der Waals surface area contributed by atoms with E-state index in [0.29, 0.717) is 5.57 Å². The average Bonchev–Trinajstić information content (AvgIpc) is 1.90. The van der Waals surface area contributed by atoms with Crippen molar-refractivity contribution in [3.8, 4) is 0 Å². The van der Waals surface area contributed by atoms with Crippen molar-refractivity contribution in [2.24, 2.45) is 0 Å².